The number of likely N-dealkylation sites (N-methyl/N-ethyl adjacent to an activating group) is 1. The molecular formula is C16H22BrN. The molecule has 1 aromatic rings. The van der Waals surface area contributed by atoms with Crippen molar-refractivity contribution < 1.29 is 0 Å². The molecule has 1 unspecified atom stereocenters. The standard InChI is InChI=1S/C16H22BrN/c1-2-18-16(13-8-4-3-5-9-13)12-14-10-6-7-11-15(14)17/h6-8,10-11,16,18H,2-5,9,12H2,1H3. The summed E-state index contributed by atoms with van der Waals surface area (Å²) in [5.41, 5.74) is 3.01. The average Bonchev–Trinajstić information content (AvgIpc) is 2.42. The van der Waals surface area contributed by atoms with Gasteiger partial charge in [0.25, 0.3) is 0 Å². The second-order valence-corrected chi connectivity index (χ2v) is 5.78. The fourth-order valence-corrected chi connectivity index (χ4v) is 3.09. The lowest BCUT2D eigenvalue weighted by Crippen LogP contribution is -2.33. The van der Waals surface area contributed by atoms with Crippen molar-refractivity contribution in [3.05, 3.63) is 46.0 Å². The van der Waals surface area contributed by atoms with Gasteiger partial charge in [-0.1, -0.05) is 52.7 Å². The molecule has 1 aromatic carbocycles. The summed E-state index contributed by atoms with van der Waals surface area (Å²) < 4.78 is 1.23. The van der Waals surface area contributed by atoms with Crippen LogP contribution >= 0.6 is 15.9 Å². The number of rotatable bonds is 5. The lowest BCUT2D eigenvalue weighted by Gasteiger charge is -2.24. The van der Waals surface area contributed by atoms with Crippen LogP contribution in [0.3, 0.4) is 0 Å². The second-order valence-electron chi connectivity index (χ2n) is 4.93. The maximum absolute atomic E-state index is 3.65. The SMILES string of the molecule is CCNC(Cc1ccccc1Br)C1=CCCCC1. The van der Waals surface area contributed by atoms with Crippen LogP contribution in [0.15, 0.2) is 40.4 Å². The summed E-state index contributed by atoms with van der Waals surface area (Å²) in [5, 5.41) is 3.64. The van der Waals surface area contributed by atoms with Crippen LogP contribution in [0.1, 0.15) is 38.2 Å². The van der Waals surface area contributed by atoms with E-state index in [9.17, 15) is 0 Å². The Morgan fingerprint density at radius 1 is 1.28 bits per heavy atom. The fourth-order valence-electron chi connectivity index (χ4n) is 2.64. The van der Waals surface area contributed by atoms with Gasteiger partial charge in [-0.2, -0.15) is 0 Å². The third-order valence-corrected chi connectivity index (χ3v) is 4.38. The average molecular weight is 308 g/mol. The second kappa shape index (κ2) is 7.10. The van der Waals surface area contributed by atoms with Crippen molar-refractivity contribution in [2.75, 3.05) is 6.54 Å². The van der Waals surface area contributed by atoms with E-state index >= 15 is 0 Å². The van der Waals surface area contributed by atoms with Crippen LogP contribution in [0.25, 0.3) is 0 Å². The topological polar surface area (TPSA) is 12.0 Å². The zero-order chi connectivity index (χ0) is 12.8. The van der Waals surface area contributed by atoms with Crippen molar-refractivity contribution in [2.45, 2.75) is 45.1 Å². The van der Waals surface area contributed by atoms with Crippen molar-refractivity contribution in [3.63, 3.8) is 0 Å². The molecule has 1 N–H and O–H groups in total. The Kier molecular flexibility index (Phi) is 5.45. The van der Waals surface area contributed by atoms with Crippen LogP contribution < -0.4 is 5.32 Å². The smallest absolute Gasteiger partial charge is 0.0320 e. The van der Waals surface area contributed by atoms with E-state index in [1.807, 2.05) is 0 Å². The summed E-state index contributed by atoms with van der Waals surface area (Å²) in [7, 11) is 0. The Labute approximate surface area is 119 Å². The minimum atomic E-state index is 0.508. The van der Waals surface area contributed by atoms with Crippen LogP contribution in [0.5, 0.6) is 0 Å². The fraction of sp³-hybridized carbons (Fsp3) is 0.500. The van der Waals surface area contributed by atoms with Gasteiger partial charge in [0.05, 0.1) is 0 Å². The van der Waals surface area contributed by atoms with E-state index in [4.69, 9.17) is 0 Å². The largest absolute Gasteiger partial charge is 0.310 e. The molecule has 0 aliphatic heterocycles. The monoisotopic (exact) mass is 307 g/mol. The highest BCUT2D eigenvalue weighted by Gasteiger charge is 2.16. The van der Waals surface area contributed by atoms with Gasteiger partial charge in [-0.15, -0.1) is 0 Å². The Hall–Kier alpha value is -0.600. The summed E-state index contributed by atoms with van der Waals surface area (Å²) in [5.74, 6) is 0. The summed E-state index contributed by atoms with van der Waals surface area (Å²) in [4.78, 5) is 0. The van der Waals surface area contributed by atoms with E-state index in [0.29, 0.717) is 6.04 Å². The van der Waals surface area contributed by atoms with E-state index in [0.717, 1.165) is 13.0 Å². The molecule has 2 rings (SSSR count). The quantitative estimate of drug-likeness (QED) is 0.791. The molecule has 98 valence electrons. The Balaban J connectivity index is 2.11. The molecule has 0 fully saturated rings. The molecule has 0 radical (unpaired) electrons. The van der Waals surface area contributed by atoms with Crippen molar-refractivity contribution >= 4 is 15.9 Å². The van der Waals surface area contributed by atoms with Crippen LogP contribution in [-0.2, 0) is 6.42 Å². The highest BCUT2D eigenvalue weighted by atomic mass is 79.9. The molecule has 0 bridgehead atoms. The molecule has 18 heavy (non-hydrogen) atoms. The van der Waals surface area contributed by atoms with Gasteiger partial charge in [0, 0.05) is 10.5 Å². The van der Waals surface area contributed by atoms with Crippen molar-refractivity contribution in [1.29, 1.82) is 0 Å². The maximum Gasteiger partial charge on any atom is 0.0320 e. The van der Waals surface area contributed by atoms with E-state index < -0.39 is 0 Å². The van der Waals surface area contributed by atoms with Gasteiger partial charge in [0.1, 0.15) is 0 Å². The number of allylic oxidation sites excluding steroid dienone is 1. The van der Waals surface area contributed by atoms with Gasteiger partial charge >= 0.3 is 0 Å². The summed E-state index contributed by atoms with van der Waals surface area (Å²) >= 11 is 3.65. The minimum absolute atomic E-state index is 0.508. The first kappa shape index (κ1) is 13.8. The zero-order valence-corrected chi connectivity index (χ0v) is 12.7. The maximum atomic E-state index is 3.65. The number of hydrogen-bond donors (Lipinski definition) is 1. The summed E-state index contributed by atoms with van der Waals surface area (Å²) in [6, 6.07) is 9.06. The Morgan fingerprint density at radius 3 is 2.78 bits per heavy atom. The molecule has 0 saturated carbocycles. The number of halogens is 1. The summed E-state index contributed by atoms with van der Waals surface area (Å²) in [6.45, 7) is 3.23. The van der Waals surface area contributed by atoms with Crippen LogP contribution in [-0.4, -0.2) is 12.6 Å². The zero-order valence-electron chi connectivity index (χ0n) is 11.1. The molecule has 0 amide bonds. The molecule has 0 heterocycles. The van der Waals surface area contributed by atoms with Crippen molar-refractivity contribution in [2.24, 2.45) is 0 Å². The first-order valence-corrected chi connectivity index (χ1v) is 7.76. The molecule has 0 aromatic heterocycles. The van der Waals surface area contributed by atoms with Crippen LogP contribution in [0, 0.1) is 0 Å². The van der Waals surface area contributed by atoms with Gasteiger partial charge in [-0.25, -0.2) is 0 Å². The highest BCUT2D eigenvalue weighted by molar-refractivity contribution is 9.10. The molecule has 2 heteroatoms. The lowest BCUT2D eigenvalue weighted by atomic mass is 9.90. The Morgan fingerprint density at radius 2 is 2.11 bits per heavy atom. The number of benzene rings is 1. The number of hydrogen-bond acceptors (Lipinski definition) is 1. The molecule has 0 spiro atoms. The third-order valence-electron chi connectivity index (χ3n) is 3.61. The van der Waals surface area contributed by atoms with E-state index in [1.54, 1.807) is 5.57 Å². The normalized spacial score (nSPS) is 17.3. The lowest BCUT2D eigenvalue weighted by molar-refractivity contribution is 0.540. The van der Waals surface area contributed by atoms with Crippen molar-refractivity contribution in [3.8, 4) is 0 Å². The van der Waals surface area contributed by atoms with Crippen molar-refractivity contribution in [1.82, 2.24) is 5.32 Å². The van der Waals surface area contributed by atoms with Crippen LogP contribution in [0.2, 0.25) is 0 Å². The minimum Gasteiger partial charge on any atom is -0.310 e. The van der Waals surface area contributed by atoms with Gasteiger partial charge in [0.15, 0.2) is 0 Å². The summed E-state index contributed by atoms with van der Waals surface area (Å²) in [6.07, 6.45) is 8.77. The molecule has 1 atom stereocenters. The van der Waals surface area contributed by atoms with Gasteiger partial charge in [-0.3, -0.25) is 0 Å². The van der Waals surface area contributed by atoms with Gasteiger partial charge in [0.2, 0.25) is 0 Å². The van der Waals surface area contributed by atoms with Gasteiger partial charge < -0.3 is 5.32 Å². The van der Waals surface area contributed by atoms with Crippen LogP contribution in [0.4, 0.5) is 0 Å². The molecular weight excluding hydrogens is 286 g/mol. The van der Waals surface area contributed by atoms with E-state index in [2.05, 4.69) is 58.5 Å². The predicted molar refractivity (Wildman–Crippen MR) is 81.9 cm³/mol. The molecule has 1 nitrogen and oxygen atoms in total. The third kappa shape index (κ3) is 3.69. The predicted octanol–water partition coefficient (Wildman–Crippen LogP) is 4.47. The molecule has 1 aliphatic rings. The van der Waals surface area contributed by atoms with E-state index in [-0.39, 0.29) is 0 Å². The first-order chi connectivity index (χ1) is 8.81. The number of nitrogens with one attached hydrogen (secondary N) is 1. The Bertz CT molecular complexity index is 411. The van der Waals surface area contributed by atoms with Gasteiger partial charge in [-0.05, 0) is 50.3 Å². The molecule has 0 saturated heterocycles. The highest BCUT2D eigenvalue weighted by Crippen LogP contribution is 2.25. The van der Waals surface area contributed by atoms with E-state index in [1.165, 1.54) is 35.7 Å². The first-order valence-electron chi connectivity index (χ1n) is 6.97. The molecule has 1 aliphatic carbocycles.